The first kappa shape index (κ1) is 20.7. The van der Waals surface area contributed by atoms with Gasteiger partial charge in [-0.1, -0.05) is 39.8 Å². The van der Waals surface area contributed by atoms with E-state index in [1.165, 1.54) is 18.3 Å². The predicted octanol–water partition coefficient (Wildman–Crippen LogP) is 3.31. The lowest BCUT2D eigenvalue weighted by Gasteiger charge is -2.07. The maximum absolute atomic E-state index is 12.2. The van der Waals surface area contributed by atoms with Gasteiger partial charge in [0, 0.05) is 34.3 Å². The van der Waals surface area contributed by atoms with Crippen molar-refractivity contribution in [3.8, 4) is 0 Å². The number of nitrogens with zero attached hydrogens (tertiary/aromatic N) is 3. The van der Waals surface area contributed by atoms with E-state index in [-0.39, 0.29) is 29.1 Å². The summed E-state index contributed by atoms with van der Waals surface area (Å²) in [5.74, 6) is -0.619. The molecule has 1 unspecified atom stereocenters. The third kappa shape index (κ3) is 5.96. The van der Waals surface area contributed by atoms with Crippen LogP contribution in [-0.4, -0.2) is 33.4 Å². The van der Waals surface area contributed by atoms with Crippen molar-refractivity contribution >= 4 is 62.3 Å². The molecule has 1 aliphatic heterocycles. The van der Waals surface area contributed by atoms with Gasteiger partial charge >= 0.3 is 0 Å². The second-order valence-electron chi connectivity index (χ2n) is 5.86. The van der Waals surface area contributed by atoms with Gasteiger partial charge in [-0.3, -0.25) is 19.7 Å². The van der Waals surface area contributed by atoms with Crippen molar-refractivity contribution in [2.45, 2.75) is 11.7 Å². The molecule has 1 heterocycles. The fraction of sp³-hybridized carbons (Fsp3) is 0.111. The normalized spacial score (nSPS) is 17.5. The number of thioether (sulfide) groups is 1. The number of halogens is 1. The van der Waals surface area contributed by atoms with E-state index in [4.69, 9.17) is 0 Å². The van der Waals surface area contributed by atoms with Gasteiger partial charge in [-0.25, -0.2) is 0 Å². The van der Waals surface area contributed by atoms with Gasteiger partial charge in [0.25, 0.3) is 5.69 Å². The number of nitrogens with one attached hydrogen (secondary N) is 2. The fourth-order valence-electron chi connectivity index (χ4n) is 2.37. The van der Waals surface area contributed by atoms with Gasteiger partial charge in [0.2, 0.25) is 11.8 Å². The molecule has 2 N–H and O–H groups in total. The molecule has 0 radical (unpaired) electrons. The first-order valence-corrected chi connectivity index (χ1v) is 9.96. The highest BCUT2D eigenvalue weighted by atomic mass is 79.9. The first-order valence-electron chi connectivity index (χ1n) is 8.29. The first-order chi connectivity index (χ1) is 13.9. The number of hydrogen-bond acceptors (Lipinski definition) is 7. The van der Waals surface area contributed by atoms with Gasteiger partial charge in [0.15, 0.2) is 5.17 Å². The third-order valence-electron chi connectivity index (χ3n) is 3.71. The smallest absolute Gasteiger partial charge is 0.270 e. The Bertz CT molecular complexity index is 1010. The molecule has 0 aliphatic carbocycles. The van der Waals surface area contributed by atoms with E-state index in [1.807, 2.05) is 0 Å². The number of amides is 2. The quantitative estimate of drug-likeness (QED) is 0.376. The second-order valence-corrected chi connectivity index (χ2v) is 7.96. The van der Waals surface area contributed by atoms with Crippen LogP contribution in [0.25, 0.3) is 0 Å². The Morgan fingerprint density at radius 3 is 2.79 bits per heavy atom. The summed E-state index contributed by atoms with van der Waals surface area (Å²) in [6.07, 6.45) is 1.33. The number of hydrogen-bond donors (Lipinski definition) is 2. The molecule has 1 aliphatic rings. The summed E-state index contributed by atoms with van der Waals surface area (Å²) < 4.78 is 0.896. The lowest BCUT2D eigenvalue weighted by atomic mass is 10.2. The van der Waals surface area contributed by atoms with E-state index >= 15 is 0 Å². The zero-order valence-corrected chi connectivity index (χ0v) is 17.1. The third-order valence-corrected chi connectivity index (χ3v) is 5.31. The lowest BCUT2D eigenvalue weighted by Crippen LogP contribution is -2.28. The summed E-state index contributed by atoms with van der Waals surface area (Å²) in [7, 11) is 0. The van der Waals surface area contributed by atoms with Crippen molar-refractivity contribution in [3.63, 3.8) is 0 Å². The van der Waals surface area contributed by atoms with Crippen LogP contribution in [0.5, 0.6) is 0 Å². The Kier molecular flexibility index (Phi) is 6.73. The van der Waals surface area contributed by atoms with Crippen LogP contribution in [0.2, 0.25) is 0 Å². The Hall–Kier alpha value is -3.05. The topological polar surface area (TPSA) is 126 Å². The van der Waals surface area contributed by atoms with Gasteiger partial charge in [-0.05, 0) is 24.3 Å². The van der Waals surface area contributed by atoms with Crippen LogP contribution in [0.4, 0.5) is 11.4 Å². The van der Waals surface area contributed by atoms with Gasteiger partial charge in [-0.15, -0.1) is 5.10 Å². The Morgan fingerprint density at radius 1 is 1.31 bits per heavy atom. The Labute approximate surface area is 177 Å². The maximum Gasteiger partial charge on any atom is 0.270 e. The van der Waals surface area contributed by atoms with Gasteiger partial charge < -0.3 is 10.6 Å². The maximum atomic E-state index is 12.2. The summed E-state index contributed by atoms with van der Waals surface area (Å²) in [4.78, 5) is 34.5. The summed E-state index contributed by atoms with van der Waals surface area (Å²) in [5, 5.41) is 23.5. The zero-order chi connectivity index (χ0) is 20.8. The molecule has 1 saturated heterocycles. The van der Waals surface area contributed by atoms with Crippen LogP contribution < -0.4 is 10.6 Å². The molecule has 2 aromatic carbocycles. The summed E-state index contributed by atoms with van der Waals surface area (Å²) in [5.41, 5.74) is 1.09. The standard InChI is InChI=1S/C18H14BrN5O4S/c19-12-4-6-13(7-5-12)21-16(25)9-15-17(26)22-18(29-15)23-20-10-11-2-1-3-14(8-11)24(27)28/h1-8,10,15H,9H2,(H,21,25)(H,22,23,26). The molecule has 0 spiro atoms. The van der Waals surface area contributed by atoms with Crippen molar-refractivity contribution < 1.29 is 14.5 Å². The second kappa shape index (κ2) is 9.43. The van der Waals surface area contributed by atoms with Crippen LogP contribution in [0.15, 0.2) is 63.2 Å². The molecule has 0 bridgehead atoms. The minimum atomic E-state index is -0.614. The number of nitro benzene ring substituents is 1. The number of carbonyl (C=O) groups is 2. The minimum absolute atomic E-state index is 0.0137. The van der Waals surface area contributed by atoms with E-state index in [0.29, 0.717) is 11.3 Å². The molecule has 29 heavy (non-hydrogen) atoms. The van der Waals surface area contributed by atoms with Crippen molar-refractivity contribution in [1.82, 2.24) is 5.32 Å². The molecule has 1 fully saturated rings. The van der Waals surface area contributed by atoms with Crippen molar-refractivity contribution in [1.29, 1.82) is 0 Å². The summed E-state index contributed by atoms with van der Waals surface area (Å²) in [6.45, 7) is 0. The molecular weight excluding hydrogens is 462 g/mol. The van der Waals surface area contributed by atoms with Crippen LogP contribution in [0.3, 0.4) is 0 Å². The number of carbonyl (C=O) groups excluding carboxylic acids is 2. The monoisotopic (exact) mass is 475 g/mol. The van der Waals surface area contributed by atoms with Gasteiger partial charge in [0.05, 0.1) is 11.1 Å². The molecular formula is C18H14BrN5O4S. The average molecular weight is 476 g/mol. The average Bonchev–Trinajstić information content (AvgIpc) is 3.03. The minimum Gasteiger partial charge on any atom is -0.326 e. The molecule has 0 aromatic heterocycles. The van der Waals surface area contributed by atoms with Crippen LogP contribution in [0.1, 0.15) is 12.0 Å². The van der Waals surface area contributed by atoms with Gasteiger partial charge in [0.1, 0.15) is 5.25 Å². The van der Waals surface area contributed by atoms with E-state index < -0.39 is 10.2 Å². The Balaban J connectivity index is 1.56. The summed E-state index contributed by atoms with van der Waals surface area (Å²) in [6, 6.07) is 13.0. The fourth-order valence-corrected chi connectivity index (χ4v) is 3.56. The molecule has 11 heteroatoms. The van der Waals surface area contributed by atoms with E-state index in [0.717, 1.165) is 16.2 Å². The molecule has 1 atom stereocenters. The van der Waals surface area contributed by atoms with E-state index in [2.05, 4.69) is 36.8 Å². The molecule has 9 nitrogen and oxygen atoms in total. The highest BCUT2D eigenvalue weighted by Crippen LogP contribution is 2.23. The predicted molar refractivity (Wildman–Crippen MR) is 115 cm³/mol. The molecule has 3 rings (SSSR count). The highest BCUT2D eigenvalue weighted by Gasteiger charge is 2.32. The molecule has 2 amide bonds. The summed E-state index contributed by atoms with van der Waals surface area (Å²) >= 11 is 4.42. The molecule has 148 valence electrons. The Morgan fingerprint density at radius 2 is 2.07 bits per heavy atom. The number of benzene rings is 2. The zero-order valence-electron chi connectivity index (χ0n) is 14.7. The number of anilines is 1. The van der Waals surface area contributed by atoms with Crippen molar-refractivity contribution in [2.24, 2.45) is 10.2 Å². The van der Waals surface area contributed by atoms with Crippen molar-refractivity contribution in [3.05, 3.63) is 68.7 Å². The number of non-ortho nitro benzene ring substituents is 1. The lowest BCUT2D eigenvalue weighted by molar-refractivity contribution is -0.384. The molecule has 2 aromatic rings. The van der Waals surface area contributed by atoms with E-state index in [1.54, 1.807) is 36.4 Å². The number of amidine groups is 1. The van der Waals surface area contributed by atoms with Crippen LogP contribution in [0, 0.1) is 10.1 Å². The van der Waals surface area contributed by atoms with E-state index in [9.17, 15) is 19.7 Å². The molecule has 0 saturated carbocycles. The SMILES string of the molecule is O=C(CC1SC(=NN=Cc2cccc([N+](=O)[O-])c2)NC1=O)Nc1ccc(Br)cc1. The van der Waals surface area contributed by atoms with Gasteiger partial charge in [-0.2, -0.15) is 5.10 Å². The highest BCUT2D eigenvalue weighted by molar-refractivity contribution is 9.10. The van der Waals surface area contributed by atoms with Crippen molar-refractivity contribution in [2.75, 3.05) is 5.32 Å². The van der Waals surface area contributed by atoms with Crippen LogP contribution in [-0.2, 0) is 9.59 Å². The number of nitro groups is 1. The largest absolute Gasteiger partial charge is 0.326 e. The number of rotatable bonds is 6. The van der Waals surface area contributed by atoms with Crippen LogP contribution >= 0.6 is 27.7 Å².